The molecule has 0 radical (unpaired) electrons. The maximum absolute atomic E-state index is 14.6. The fourth-order valence-electron chi connectivity index (χ4n) is 10.8. The zero-order valence-corrected chi connectivity index (χ0v) is 32.2. The third-order valence-corrected chi connectivity index (χ3v) is 14.6. The molecule has 12 atom stereocenters. The zero-order chi connectivity index (χ0) is 40.5. The van der Waals surface area contributed by atoms with Crippen molar-refractivity contribution in [1.82, 2.24) is 0 Å². The van der Waals surface area contributed by atoms with Gasteiger partial charge in [0.25, 0.3) is 0 Å². The molecular weight excluding hydrogens is 794 g/mol. The molecule has 1 aromatic heterocycles. The van der Waals surface area contributed by atoms with Crippen molar-refractivity contribution >= 4 is 23.3 Å². The summed E-state index contributed by atoms with van der Waals surface area (Å²) >= 11 is 0.615. The van der Waals surface area contributed by atoms with Gasteiger partial charge in [-0.05, 0) is 76.3 Å². The van der Waals surface area contributed by atoms with Crippen LogP contribution in [-0.4, -0.2) is 72.9 Å². The number of fused-ring (bicyclic) bond motifs is 4. The van der Waals surface area contributed by atoms with Crippen LogP contribution in [0.4, 0.5) is 26.3 Å². The van der Waals surface area contributed by atoms with Gasteiger partial charge in [-0.1, -0.05) is 13.8 Å². The Morgan fingerprint density at radius 3 is 1.46 bits per heavy atom. The number of hydrogen-bond acceptors (Lipinski definition) is 13. The molecule has 57 heavy (non-hydrogen) atoms. The van der Waals surface area contributed by atoms with Gasteiger partial charge >= 0.3 is 24.3 Å². The highest BCUT2D eigenvalue weighted by atomic mass is 32.1. The van der Waals surface area contributed by atoms with Crippen molar-refractivity contribution in [3.05, 3.63) is 44.6 Å². The summed E-state index contributed by atoms with van der Waals surface area (Å²) in [5.41, 5.74) is -3.46. The summed E-state index contributed by atoms with van der Waals surface area (Å²) in [5.74, 6) is -9.61. The molecule has 0 N–H and O–H groups in total. The second-order valence-corrected chi connectivity index (χ2v) is 18.1. The quantitative estimate of drug-likeness (QED) is 0.156. The van der Waals surface area contributed by atoms with Crippen LogP contribution in [0.15, 0.2) is 34.8 Å². The van der Waals surface area contributed by atoms with Crippen LogP contribution in [-0.2, 0) is 48.0 Å². The molecule has 4 bridgehead atoms. The standard InChI is InChI=1S/C38H42F6O12S/c1-17-5-7-23-19(27(37(39,40)41)49-31-35(23)21(17)11-13-33(3,51-31)53-55-35)15-47-29(45)25-9-10-26(57-25)30(46)48-16-20-24-8-6-18(2)22-12-14-34(4)52-32(36(22,24)56-54-34)50-28(20)38(42,43)44/h9-10,17-18,21-24,31-32H,5-8,11-16H2,1-4H3/t17-,18-,21+,22+,23+,24+,31-,32-,33?,34?,35-,36-/m1/s1. The van der Waals surface area contributed by atoms with Crippen LogP contribution in [0.2, 0.25) is 0 Å². The number of esters is 2. The largest absolute Gasteiger partial charge is 0.457 e. The minimum Gasteiger partial charge on any atom is -0.457 e. The van der Waals surface area contributed by atoms with Gasteiger partial charge in [-0.15, -0.1) is 11.3 Å². The van der Waals surface area contributed by atoms with Crippen molar-refractivity contribution in [3.63, 3.8) is 0 Å². The third kappa shape index (κ3) is 6.14. The smallest absolute Gasteiger partial charge is 0.449 e. The van der Waals surface area contributed by atoms with Crippen molar-refractivity contribution in [3.8, 4) is 0 Å². The van der Waals surface area contributed by atoms with Crippen LogP contribution >= 0.6 is 11.3 Å². The number of hydrogen-bond donors (Lipinski definition) is 0. The maximum atomic E-state index is 14.6. The highest BCUT2D eigenvalue weighted by Gasteiger charge is 2.72. The zero-order valence-electron chi connectivity index (χ0n) is 31.4. The lowest BCUT2D eigenvalue weighted by Gasteiger charge is -2.57. The molecule has 1 aromatic rings. The number of carbonyl (C=O) groups excluding carboxylic acids is 2. The molecule has 19 heteroatoms. The van der Waals surface area contributed by atoms with E-state index in [1.807, 2.05) is 13.8 Å². The molecular formula is C38H42F6O12S. The Labute approximate surface area is 326 Å². The Morgan fingerprint density at radius 2 is 1.07 bits per heavy atom. The lowest BCUT2D eigenvalue weighted by atomic mass is 9.59. The summed E-state index contributed by atoms with van der Waals surface area (Å²) in [4.78, 5) is 49.6. The van der Waals surface area contributed by atoms with Gasteiger partial charge in [0.1, 0.15) is 23.0 Å². The Balaban J connectivity index is 0.928. The van der Waals surface area contributed by atoms with Gasteiger partial charge in [-0.3, -0.25) is 0 Å². The molecule has 12 nitrogen and oxygen atoms in total. The number of alkyl halides is 6. The second kappa shape index (κ2) is 13.3. The van der Waals surface area contributed by atoms with E-state index in [2.05, 4.69) is 0 Å². The average Bonchev–Trinajstić information content (AvgIpc) is 3.39. The highest BCUT2D eigenvalue weighted by Crippen LogP contribution is 2.63. The molecule has 2 spiro atoms. The maximum Gasteiger partial charge on any atom is 0.449 e. The van der Waals surface area contributed by atoms with Gasteiger partial charge in [-0.25, -0.2) is 29.1 Å². The van der Waals surface area contributed by atoms with Crippen LogP contribution in [0.3, 0.4) is 0 Å². The van der Waals surface area contributed by atoms with Gasteiger partial charge in [0.15, 0.2) is 11.2 Å². The first-order valence-electron chi connectivity index (χ1n) is 19.3. The molecule has 2 saturated carbocycles. The van der Waals surface area contributed by atoms with Gasteiger partial charge in [0, 0.05) is 47.7 Å². The third-order valence-electron chi connectivity index (χ3n) is 13.6. The SMILES string of the molecule is C[C@@H]1CC[C@H]2C(COC(=O)c3ccc(C(=O)OCC4=C(C(F)(F)F)O[C@@H]5OC6(C)CC[C@H]7[C@H](C)CC[C@@H]4[C@@]57OO6)s3)=C(C(F)(F)F)O[C@@H]3OC4(C)CC[C@@H]1[C@]32OO4. The van der Waals surface area contributed by atoms with E-state index in [0.29, 0.717) is 49.9 Å². The normalized spacial score (nSPS) is 42.3. The van der Waals surface area contributed by atoms with Crippen molar-refractivity contribution in [2.75, 3.05) is 13.2 Å². The predicted octanol–water partition coefficient (Wildman–Crippen LogP) is 8.19. The van der Waals surface area contributed by atoms with E-state index in [9.17, 15) is 35.9 Å². The van der Waals surface area contributed by atoms with E-state index < -0.39 is 96.2 Å². The van der Waals surface area contributed by atoms with Crippen LogP contribution in [0, 0.1) is 35.5 Å². The number of allylic oxidation sites excluding steroid dienone is 2. The minimum atomic E-state index is -4.96. The van der Waals surface area contributed by atoms with Crippen LogP contribution < -0.4 is 0 Å². The summed E-state index contributed by atoms with van der Waals surface area (Å²) in [7, 11) is 0. The van der Waals surface area contributed by atoms with Crippen LogP contribution in [0.25, 0.3) is 0 Å². The Bertz CT molecular complexity index is 1770. The van der Waals surface area contributed by atoms with E-state index in [-0.39, 0.29) is 57.4 Å². The number of rotatable bonds is 6. The predicted molar refractivity (Wildman–Crippen MR) is 179 cm³/mol. The average molecular weight is 837 g/mol. The summed E-state index contributed by atoms with van der Waals surface area (Å²) in [6.07, 6.45) is -9.22. The molecule has 0 amide bonds. The number of halogens is 6. The van der Waals surface area contributed by atoms with Gasteiger partial charge < -0.3 is 28.4 Å². The topological polar surface area (TPSA) is 126 Å². The van der Waals surface area contributed by atoms with E-state index in [1.165, 1.54) is 12.1 Å². The number of thiophene rings is 1. The monoisotopic (exact) mass is 836 g/mol. The summed E-state index contributed by atoms with van der Waals surface area (Å²) in [6.45, 7) is 5.55. The lowest BCUT2D eigenvalue weighted by molar-refractivity contribution is -0.558. The van der Waals surface area contributed by atoms with E-state index >= 15 is 0 Å². The summed E-state index contributed by atoms with van der Waals surface area (Å²) in [5, 5.41) is 0. The molecule has 2 unspecified atom stereocenters. The molecule has 11 rings (SSSR count). The molecule has 6 saturated heterocycles. The van der Waals surface area contributed by atoms with E-state index in [1.54, 1.807) is 13.8 Å². The van der Waals surface area contributed by atoms with E-state index in [4.69, 9.17) is 48.0 Å². The van der Waals surface area contributed by atoms with Crippen molar-refractivity contribution in [2.24, 2.45) is 35.5 Å². The molecule has 2 aliphatic carbocycles. The first-order chi connectivity index (χ1) is 26.8. The van der Waals surface area contributed by atoms with Crippen molar-refractivity contribution < 1.29 is 83.9 Å². The number of carbonyl (C=O) groups is 2. The van der Waals surface area contributed by atoms with E-state index in [0.717, 1.165) is 0 Å². The molecule has 9 heterocycles. The Hall–Kier alpha value is -2.94. The minimum absolute atomic E-state index is 0.0502. The Morgan fingerprint density at radius 1 is 0.667 bits per heavy atom. The second-order valence-electron chi connectivity index (χ2n) is 17.0. The lowest BCUT2D eigenvalue weighted by Crippen LogP contribution is -2.67. The van der Waals surface area contributed by atoms with Crippen LogP contribution in [0.1, 0.15) is 98.4 Å². The molecule has 8 aliphatic heterocycles. The summed E-state index contributed by atoms with van der Waals surface area (Å²) in [6, 6.07) is 2.44. The number of ether oxygens (including phenoxy) is 6. The fraction of sp³-hybridized carbons (Fsp3) is 0.737. The Kier molecular flexibility index (Phi) is 9.21. The first kappa shape index (κ1) is 39.5. The molecule has 10 aliphatic rings. The molecule has 8 fully saturated rings. The van der Waals surface area contributed by atoms with Gasteiger partial charge in [0.05, 0.1) is 0 Å². The molecule has 0 aromatic carbocycles. The van der Waals surface area contributed by atoms with Gasteiger partial charge in [0.2, 0.25) is 35.7 Å². The van der Waals surface area contributed by atoms with Crippen molar-refractivity contribution in [1.29, 1.82) is 0 Å². The van der Waals surface area contributed by atoms with Crippen molar-refractivity contribution in [2.45, 2.75) is 127 Å². The fourth-order valence-corrected chi connectivity index (χ4v) is 11.6. The molecule has 314 valence electrons. The first-order valence-corrected chi connectivity index (χ1v) is 20.1. The van der Waals surface area contributed by atoms with Crippen LogP contribution in [0.5, 0.6) is 0 Å². The summed E-state index contributed by atoms with van der Waals surface area (Å²) < 4.78 is 121. The highest BCUT2D eigenvalue weighted by molar-refractivity contribution is 7.15. The van der Waals surface area contributed by atoms with Gasteiger partial charge in [-0.2, -0.15) is 26.3 Å².